The molecule has 8 heteroatoms. The molecule has 3 aromatic rings. The average molecular weight is 282 g/mol. The van der Waals surface area contributed by atoms with Crippen molar-refractivity contribution in [2.24, 2.45) is 0 Å². The molecular formula is C10H8ClN5OS. The fourth-order valence-corrected chi connectivity index (χ4v) is 2.13. The molecule has 0 unspecified atom stereocenters. The van der Waals surface area contributed by atoms with E-state index in [4.69, 9.17) is 28.3 Å². The molecule has 18 heavy (non-hydrogen) atoms. The first-order valence-corrected chi connectivity index (χ1v) is 5.95. The summed E-state index contributed by atoms with van der Waals surface area (Å²) in [6.07, 6.45) is 1.57. The van der Waals surface area contributed by atoms with Crippen molar-refractivity contribution in [3.63, 3.8) is 0 Å². The highest BCUT2D eigenvalue weighted by Crippen LogP contribution is 2.17. The van der Waals surface area contributed by atoms with Crippen LogP contribution in [0.3, 0.4) is 0 Å². The Bertz CT molecular complexity index is 774. The van der Waals surface area contributed by atoms with Gasteiger partial charge in [0, 0.05) is 13.1 Å². The normalized spacial score (nSPS) is 11.2. The van der Waals surface area contributed by atoms with Gasteiger partial charge >= 0.3 is 0 Å². The third-order valence-electron chi connectivity index (χ3n) is 2.44. The smallest absolute Gasteiger partial charge is 0.223 e. The molecule has 0 amide bonds. The van der Waals surface area contributed by atoms with E-state index in [0.717, 1.165) is 5.52 Å². The van der Waals surface area contributed by atoms with Gasteiger partial charge in [-0.1, -0.05) is 16.8 Å². The fraction of sp³-hybridized carbons (Fsp3) is 0.200. The van der Waals surface area contributed by atoms with Crippen LogP contribution in [-0.4, -0.2) is 24.7 Å². The van der Waals surface area contributed by atoms with Crippen LogP contribution in [-0.2, 0) is 6.54 Å². The van der Waals surface area contributed by atoms with Gasteiger partial charge in [0.1, 0.15) is 0 Å². The molecule has 6 nitrogen and oxygen atoms in total. The van der Waals surface area contributed by atoms with Gasteiger partial charge in [-0.2, -0.15) is 4.98 Å². The molecule has 0 radical (unpaired) electrons. The second-order valence-corrected chi connectivity index (χ2v) is 4.59. The molecular weight excluding hydrogens is 274 g/mol. The summed E-state index contributed by atoms with van der Waals surface area (Å²) in [7, 11) is 0. The molecule has 3 rings (SSSR count). The summed E-state index contributed by atoms with van der Waals surface area (Å²) in [6.45, 7) is 2.15. The predicted molar refractivity (Wildman–Crippen MR) is 68.1 cm³/mol. The fourth-order valence-electron chi connectivity index (χ4n) is 1.71. The van der Waals surface area contributed by atoms with E-state index < -0.39 is 0 Å². The summed E-state index contributed by atoms with van der Waals surface area (Å²) >= 11 is 11.1. The van der Waals surface area contributed by atoms with E-state index in [1.807, 2.05) is 0 Å². The van der Waals surface area contributed by atoms with Gasteiger partial charge in [0.15, 0.2) is 16.2 Å². The molecule has 0 aromatic carbocycles. The number of H-pyrrole nitrogens is 1. The number of nitrogens with one attached hydrogen (secondary N) is 1. The molecule has 0 aliphatic carbocycles. The Morgan fingerprint density at radius 3 is 3.11 bits per heavy atom. The second kappa shape index (κ2) is 4.18. The lowest BCUT2D eigenvalue weighted by atomic mass is 10.4. The van der Waals surface area contributed by atoms with Gasteiger partial charge in [-0.05, 0) is 18.3 Å². The highest BCUT2D eigenvalue weighted by Gasteiger charge is 2.10. The zero-order valence-corrected chi connectivity index (χ0v) is 10.9. The van der Waals surface area contributed by atoms with Gasteiger partial charge in [-0.3, -0.25) is 4.57 Å². The zero-order chi connectivity index (χ0) is 12.7. The van der Waals surface area contributed by atoms with Crippen molar-refractivity contribution in [2.45, 2.75) is 13.5 Å². The number of aromatic amines is 1. The maximum atomic E-state index is 5.88. The minimum Gasteiger partial charge on any atom is -0.340 e. The topological polar surface area (TPSA) is 72.5 Å². The van der Waals surface area contributed by atoms with E-state index in [-0.39, 0.29) is 0 Å². The standard InChI is InChI=1S/C10H8ClN5OS/c1-5-13-8(15-17-5)4-16-9-7(14-10(16)18)2-6(11)3-12-9/h2-3H,4H2,1H3,(H,14,18). The van der Waals surface area contributed by atoms with Gasteiger partial charge < -0.3 is 9.51 Å². The van der Waals surface area contributed by atoms with E-state index in [2.05, 4.69) is 20.1 Å². The van der Waals surface area contributed by atoms with E-state index in [9.17, 15) is 0 Å². The minimum absolute atomic E-state index is 0.408. The third-order valence-corrected chi connectivity index (χ3v) is 2.97. The monoisotopic (exact) mass is 281 g/mol. The van der Waals surface area contributed by atoms with Crippen LogP contribution in [0.15, 0.2) is 16.8 Å². The molecule has 0 fully saturated rings. The number of rotatable bonds is 2. The van der Waals surface area contributed by atoms with Gasteiger partial charge in [-0.25, -0.2) is 4.98 Å². The Kier molecular flexibility index (Phi) is 2.64. The quantitative estimate of drug-likeness (QED) is 0.731. The van der Waals surface area contributed by atoms with Crippen molar-refractivity contribution in [1.82, 2.24) is 24.7 Å². The average Bonchev–Trinajstić information content (AvgIpc) is 2.84. The number of aryl methyl sites for hydroxylation is 1. The molecule has 0 aliphatic rings. The number of hydrogen-bond donors (Lipinski definition) is 1. The van der Waals surface area contributed by atoms with Crippen molar-refractivity contribution in [3.8, 4) is 0 Å². The number of halogens is 1. The van der Waals surface area contributed by atoms with Crippen molar-refractivity contribution in [2.75, 3.05) is 0 Å². The van der Waals surface area contributed by atoms with E-state index >= 15 is 0 Å². The molecule has 0 saturated carbocycles. The van der Waals surface area contributed by atoms with E-state index in [1.54, 1.807) is 23.8 Å². The maximum absolute atomic E-state index is 5.88. The Morgan fingerprint density at radius 2 is 2.39 bits per heavy atom. The third kappa shape index (κ3) is 1.91. The minimum atomic E-state index is 0.408. The first-order chi connectivity index (χ1) is 8.63. The number of pyridine rings is 1. The van der Waals surface area contributed by atoms with Crippen LogP contribution in [0.2, 0.25) is 5.02 Å². The van der Waals surface area contributed by atoms with Crippen LogP contribution in [0.1, 0.15) is 11.7 Å². The van der Waals surface area contributed by atoms with E-state index in [1.165, 1.54) is 0 Å². The first-order valence-electron chi connectivity index (χ1n) is 5.17. The van der Waals surface area contributed by atoms with Gasteiger partial charge in [0.05, 0.1) is 17.1 Å². The molecule has 3 heterocycles. The summed E-state index contributed by atoms with van der Waals surface area (Å²) in [5, 5.41) is 4.39. The summed E-state index contributed by atoms with van der Waals surface area (Å²) in [6, 6.07) is 1.78. The lowest BCUT2D eigenvalue weighted by Gasteiger charge is -1.99. The van der Waals surface area contributed by atoms with Crippen LogP contribution >= 0.6 is 23.8 Å². The highest BCUT2D eigenvalue weighted by atomic mass is 35.5. The highest BCUT2D eigenvalue weighted by molar-refractivity contribution is 7.71. The number of aromatic nitrogens is 5. The number of fused-ring (bicyclic) bond motifs is 1. The van der Waals surface area contributed by atoms with Crippen LogP contribution in [0.4, 0.5) is 0 Å². The first kappa shape index (κ1) is 11.4. The molecule has 0 spiro atoms. The van der Waals surface area contributed by atoms with Crippen molar-refractivity contribution >= 4 is 35.0 Å². The lowest BCUT2D eigenvalue weighted by molar-refractivity contribution is 0.386. The van der Waals surface area contributed by atoms with Crippen LogP contribution < -0.4 is 0 Å². The summed E-state index contributed by atoms with van der Waals surface area (Å²) in [5.74, 6) is 1.08. The van der Waals surface area contributed by atoms with Crippen molar-refractivity contribution < 1.29 is 4.52 Å². The Morgan fingerprint density at radius 1 is 1.56 bits per heavy atom. The van der Waals surface area contributed by atoms with Gasteiger partial charge in [0.25, 0.3) is 0 Å². The molecule has 3 aromatic heterocycles. The van der Waals surface area contributed by atoms with Crippen LogP contribution in [0.25, 0.3) is 11.2 Å². The number of nitrogens with zero attached hydrogens (tertiary/aromatic N) is 4. The number of hydrogen-bond acceptors (Lipinski definition) is 5. The lowest BCUT2D eigenvalue weighted by Crippen LogP contribution is -2.02. The van der Waals surface area contributed by atoms with E-state index in [0.29, 0.717) is 33.7 Å². The second-order valence-electron chi connectivity index (χ2n) is 3.77. The van der Waals surface area contributed by atoms with Crippen molar-refractivity contribution in [3.05, 3.63) is 33.8 Å². The molecule has 0 saturated heterocycles. The SMILES string of the molecule is Cc1nc(Cn2c(=S)[nH]c3cc(Cl)cnc32)no1. The van der Waals surface area contributed by atoms with Crippen molar-refractivity contribution in [1.29, 1.82) is 0 Å². The zero-order valence-electron chi connectivity index (χ0n) is 9.35. The van der Waals surface area contributed by atoms with Gasteiger partial charge in [0.2, 0.25) is 5.89 Å². The maximum Gasteiger partial charge on any atom is 0.223 e. The number of imidazole rings is 1. The molecule has 0 aliphatic heterocycles. The summed E-state index contributed by atoms with van der Waals surface area (Å²) in [5.41, 5.74) is 1.50. The predicted octanol–water partition coefficient (Wildman–Crippen LogP) is 2.49. The Labute approximate surface area is 112 Å². The summed E-state index contributed by atoms with van der Waals surface area (Å²) in [4.78, 5) is 11.4. The Balaban J connectivity index is 2.11. The summed E-state index contributed by atoms with van der Waals surface area (Å²) < 4.78 is 7.26. The Hall–Kier alpha value is -1.73. The molecule has 1 N–H and O–H groups in total. The van der Waals surface area contributed by atoms with Gasteiger partial charge in [-0.15, -0.1) is 0 Å². The van der Waals surface area contributed by atoms with Crippen LogP contribution in [0, 0.1) is 11.7 Å². The molecule has 0 atom stereocenters. The molecule has 0 bridgehead atoms. The molecule has 92 valence electrons. The van der Waals surface area contributed by atoms with Crippen LogP contribution in [0.5, 0.6) is 0 Å². The largest absolute Gasteiger partial charge is 0.340 e.